The van der Waals surface area contributed by atoms with Gasteiger partial charge in [-0.15, -0.1) is 0 Å². The van der Waals surface area contributed by atoms with E-state index in [1.54, 1.807) is 0 Å². The third-order valence-corrected chi connectivity index (χ3v) is 2.79. The minimum Gasteiger partial charge on any atom is -0.396 e. The van der Waals surface area contributed by atoms with Crippen LogP contribution in [0.3, 0.4) is 0 Å². The first-order valence-corrected chi connectivity index (χ1v) is 5.94. The molecule has 1 atom stereocenters. The van der Waals surface area contributed by atoms with Gasteiger partial charge in [0.1, 0.15) is 0 Å². The summed E-state index contributed by atoms with van der Waals surface area (Å²) in [5.41, 5.74) is 2.36. The largest absolute Gasteiger partial charge is 0.396 e. The average Bonchev–Trinajstić information content (AvgIpc) is 2.56. The van der Waals surface area contributed by atoms with Gasteiger partial charge in [0.15, 0.2) is 0 Å². The van der Waals surface area contributed by atoms with Crippen LogP contribution >= 0.6 is 0 Å². The van der Waals surface area contributed by atoms with E-state index in [2.05, 4.69) is 23.5 Å². The third kappa shape index (κ3) is 4.33. The highest BCUT2D eigenvalue weighted by Crippen LogP contribution is 2.05. The van der Waals surface area contributed by atoms with Gasteiger partial charge in [-0.05, 0) is 32.2 Å². The second kappa shape index (κ2) is 6.66. The Morgan fingerprint density at radius 1 is 1.56 bits per heavy atom. The van der Waals surface area contributed by atoms with Gasteiger partial charge in [0.25, 0.3) is 0 Å². The van der Waals surface area contributed by atoms with Crippen molar-refractivity contribution < 1.29 is 5.11 Å². The lowest BCUT2D eigenvalue weighted by Gasteiger charge is -2.07. The summed E-state index contributed by atoms with van der Waals surface area (Å²) in [7, 11) is 1.94. The maximum absolute atomic E-state index is 8.88. The Hall–Kier alpha value is -0.870. The van der Waals surface area contributed by atoms with Gasteiger partial charge in [0, 0.05) is 32.0 Å². The Balaban J connectivity index is 2.14. The molecule has 4 heteroatoms. The zero-order valence-corrected chi connectivity index (χ0v) is 10.5. The third-order valence-electron chi connectivity index (χ3n) is 2.79. The minimum absolute atomic E-state index is 0.293. The topological polar surface area (TPSA) is 50.1 Å². The summed E-state index contributed by atoms with van der Waals surface area (Å²) in [5, 5.41) is 16.6. The number of aryl methyl sites for hydroxylation is 2. The van der Waals surface area contributed by atoms with Crippen LogP contribution in [-0.4, -0.2) is 28.0 Å². The van der Waals surface area contributed by atoms with Crippen LogP contribution in [0.1, 0.15) is 31.0 Å². The number of aromatic nitrogens is 2. The number of nitrogens with zero attached hydrogens (tertiary/aromatic N) is 2. The van der Waals surface area contributed by atoms with Gasteiger partial charge < -0.3 is 10.4 Å². The second-order valence-electron chi connectivity index (χ2n) is 4.52. The fourth-order valence-corrected chi connectivity index (χ4v) is 1.71. The summed E-state index contributed by atoms with van der Waals surface area (Å²) in [6, 6.07) is 0. The minimum atomic E-state index is 0.293. The number of hydrogen-bond donors (Lipinski definition) is 2. The molecular weight excluding hydrogens is 202 g/mol. The first-order chi connectivity index (χ1) is 7.63. The van der Waals surface area contributed by atoms with Gasteiger partial charge in [-0.1, -0.05) is 6.92 Å². The van der Waals surface area contributed by atoms with E-state index in [1.807, 2.05) is 18.7 Å². The van der Waals surface area contributed by atoms with E-state index in [0.717, 1.165) is 31.6 Å². The van der Waals surface area contributed by atoms with Gasteiger partial charge in [-0.2, -0.15) is 5.10 Å². The fourth-order valence-electron chi connectivity index (χ4n) is 1.71. The number of aliphatic hydroxyl groups excluding tert-OH is 1. The van der Waals surface area contributed by atoms with Gasteiger partial charge >= 0.3 is 0 Å². The lowest BCUT2D eigenvalue weighted by molar-refractivity contribution is 0.228. The lowest BCUT2D eigenvalue weighted by Crippen LogP contribution is -2.16. The molecule has 0 aliphatic rings. The Morgan fingerprint density at radius 3 is 2.88 bits per heavy atom. The van der Waals surface area contributed by atoms with Crippen LogP contribution in [0.5, 0.6) is 0 Å². The van der Waals surface area contributed by atoms with Crippen LogP contribution in [0.4, 0.5) is 0 Å². The van der Waals surface area contributed by atoms with Crippen molar-refractivity contribution >= 4 is 0 Å². The highest BCUT2D eigenvalue weighted by Gasteiger charge is 2.02. The highest BCUT2D eigenvalue weighted by atomic mass is 16.3. The Bertz CT molecular complexity index is 309. The van der Waals surface area contributed by atoms with E-state index < -0.39 is 0 Å². The number of rotatable bonds is 7. The predicted molar refractivity (Wildman–Crippen MR) is 65.1 cm³/mol. The summed E-state index contributed by atoms with van der Waals surface area (Å²) in [6.07, 6.45) is 4.25. The second-order valence-corrected chi connectivity index (χ2v) is 4.52. The van der Waals surface area contributed by atoms with Crippen LogP contribution in [-0.2, 0) is 13.6 Å². The van der Waals surface area contributed by atoms with Crippen molar-refractivity contribution in [1.82, 2.24) is 15.1 Å². The van der Waals surface area contributed by atoms with Gasteiger partial charge in [-0.3, -0.25) is 4.68 Å². The quantitative estimate of drug-likeness (QED) is 0.686. The van der Waals surface area contributed by atoms with E-state index in [1.165, 1.54) is 5.56 Å². The van der Waals surface area contributed by atoms with Crippen LogP contribution in [0.15, 0.2) is 6.20 Å². The summed E-state index contributed by atoms with van der Waals surface area (Å²) < 4.78 is 1.85. The van der Waals surface area contributed by atoms with E-state index in [9.17, 15) is 0 Å². The number of aliphatic hydroxyl groups is 1. The lowest BCUT2D eigenvalue weighted by atomic mass is 10.1. The van der Waals surface area contributed by atoms with Crippen molar-refractivity contribution in [2.24, 2.45) is 13.0 Å². The number of hydrogen-bond acceptors (Lipinski definition) is 3. The molecule has 1 heterocycles. The van der Waals surface area contributed by atoms with Crippen LogP contribution in [0.25, 0.3) is 0 Å². The molecule has 0 radical (unpaired) electrons. The average molecular weight is 225 g/mol. The molecule has 92 valence electrons. The predicted octanol–water partition coefficient (Wildman–Crippen LogP) is 1.23. The first kappa shape index (κ1) is 13.2. The summed E-state index contributed by atoms with van der Waals surface area (Å²) in [5.74, 6) is 0.418. The van der Waals surface area contributed by atoms with Gasteiger partial charge in [0.2, 0.25) is 0 Å². The molecule has 0 bridgehead atoms. The molecule has 0 aliphatic carbocycles. The standard InChI is InChI=1S/C12H23N3O/c1-10(9-16)5-4-6-13-7-12-8-15(3)14-11(12)2/h8,10,13,16H,4-7,9H2,1-3H3. The molecule has 1 aromatic heterocycles. The van der Waals surface area contributed by atoms with Crippen LogP contribution in [0, 0.1) is 12.8 Å². The van der Waals surface area contributed by atoms with E-state index in [-0.39, 0.29) is 0 Å². The van der Waals surface area contributed by atoms with Crippen molar-refractivity contribution in [3.63, 3.8) is 0 Å². The molecule has 1 unspecified atom stereocenters. The van der Waals surface area contributed by atoms with E-state index in [4.69, 9.17) is 5.11 Å². The molecule has 0 spiro atoms. The van der Waals surface area contributed by atoms with E-state index >= 15 is 0 Å². The molecule has 0 aromatic carbocycles. The molecule has 0 amide bonds. The van der Waals surface area contributed by atoms with Crippen LogP contribution in [0.2, 0.25) is 0 Å². The van der Waals surface area contributed by atoms with Crippen molar-refractivity contribution in [2.45, 2.75) is 33.2 Å². The van der Waals surface area contributed by atoms with E-state index in [0.29, 0.717) is 12.5 Å². The highest BCUT2D eigenvalue weighted by molar-refractivity contribution is 5.14. The Kier molecular flexibility index (Phi) is 5.49. The van der Waals surface area contributed by atoms with Crippen LogP contribution < -0.4 is 5.32 Å². The maximum Gasteiger partial charge on any atom is 0.0638 e. The molecule has 2 N–H and O–H groups in total. The molecule has 0 saturated carbocycles. The fraction of sp³-hybridized carbons (Fsp3) is 0.750. The normalized spacial score (nSPS) is 13.0. The van der Waals surface area contributed by atoms with Crippen molar-refractivity contribution in [3.8, 4) is 0 Å². The molecule has 4 nitrogen and oxygen atoms in total. The number of nitrogens with one attached hydrogen (secondary N) is 1. The molecule has 0 fully saturated rings. The maximum atomic E-state index is 8.88. The zero-order chi connectivity index (χ0) is 12.0. The van der Waals surface area contributed by atoms with Crippen molar-refractivity contribution in [3.05, 3.63) is 17.5 Å². The molecule has 1 aromatic rings. The molecule has 16 heavy (non-hydrogen) atoms. The van der Waals surface area contributed by atoms with Gasteiger partial charge in [0.05, 0.1) is 5.69 Å². The van der Waals surface area contributed by atoms with Crippen molar-refractivity contribution in [1.29, 1.82) is 0 Å². The monoisotopic (exact) mass is 225 g/mol. The Labute approximate surface area is 97.7 Å². The molecular formula is C12H23N3O. The van der Waals surface area contributed by atoms with Crippen molar-refractivity contribution in [2.75, 3.05) is 13.2 Å². The first-order valence-electron chi connectivity index (χ1n) is 5.94. The molecule has 0 aliphatic heterocycles. The van der Waals surface area contributed by atoms with Gasteiger partial charge in [-0.25, -0.2) is 0 Å². The molecule has 1 rings (SSSR count). The summed E-state index contributed by atoms with van der Waals surface area (Å²) in [6.45, 7) is 6.28. The Morgan fingerprint density at radius 2 is 2.31 bits per heavy atom. The summed E-state index contributed by atoms with van der Waals surface area (Å²) in [4.78, 5) is 0. The SMILES string of the molecule is Cc1nn(C)cc1CNCCCC(C)CO. The smallest absolute Gasteiger partial charge is 0.0638 e. The zero-order valence-electron chi connectivity index (χ0n) is 10.5. The summed E-state index contributed by atoms with van der Waals surface area (Å²) >= 11 is 0. The molecule has 0 saturated heterocycles.